The fourth-order valence-electron chi connectivity index (χ4n) is 3.08. The number of likely N-dealkylation sites (N-methyl/N-ethyl adjacent to an activating group) is 1. The lowest BCUT2D eigenvalue weighted by Crippen LogP contribution is -2.53. The van der Waals surface area contributed by atoms with Crippen LogP contribution in [0.5, 0.6) is 0 Å². The van der Waals surface area contributed by atoms with Gasteiger partial charge >= 0.3 is 0 Å². The minimum Gasteiger partial charge on any atom is -0.350 e. The summed E-state index contributed by atoms with van der Waals surface area (Å²) in [6, 6.07) is 7.78. The molecule has 21 heavy (non-hydrogen) atoms. The quantitative estimate of drug-likeness (QED) is 0.821. The number of nitrogens with zero attached hydrogens (tertiary/aromatic N) is 1. The van der Waals surface area contributed by atoms with Crippen LogP contribution in [0.4, 0.5) is 0 Å². The number of amides is 1. The Labute approximate surface area is 136 Å². The maximum atomic E-state index is 12.3. The Hall–Kier alpha value is -0.870. The molecule has 0 aliphatic heterocycles. The molecule has 0 atom stereocenters. The van der Waals surface area contributed by atoms with Gasteiger partial charge in [0.15, 0.2) is 0 Å². The first kappa shape index (κ1) is 16.5. The predicted molar refractivity (Wildman–Crippen MR) is 90.9 cm³/mol. The molecule has 0 unspecified atom stereocenters. The Bertz CT molecular complexity index is 464. The van der Waals surface area contributed by atoms with Crippen molar-refractivity contribution in [1.29, 1.82) is 0 Å². The number of benzene rings is 1. The van der Waals surface area contributed by atoms with Crippen molar-refractivity contribution in [2.24, 2.45) is 0 Å². The molecule has 0 aromatic heterocycles. The summed E-state index contributed by atoms with van der Waals surface area (Å²) in [5, 5.41) is 3.95. The van der Waals surface area contributed by atoms with Crippen molar-refractivity contribution >= 4 is 21.8 Å². The molecule has 116 valence electrons. The largest absolute Gasteiger partial charge is 0.350 e. The van der Waals surface area contributed by atoms with Crippen LogP contribution in [0.2, 0.25) is 0 Å². The third-order valence-corrected chi connectivity index (χ3v) is 5.33. The molecule has 1 aromatic rings. The minimum absolute atomic E-state index is 0.0305. The van der Waals surface area contributed by atoms with Crippen molar-refractivity contribution in [2.45, 2.75) is 43.0 Å². The second-order valence-electron chi connectivity index (χ2n) is 6.19. The monoisotopic (exact) mass is 352 g/mol. The number of alkyl halides is 1. The molecule has 1 aromatic carbocycles. The van der Waals surface area contributed by atoms with E-state index in [0.29, 0.717) is 0 Å². The van der Waals surface area contributed by atoms with Gasteiger partial charge in [-0.2, -0.15) is 0 Å². The number of hydrogen-bond acceptors (Lipinski definition) is 2. The van der Waals surface area contributed by atoms with Gasteiger partial charge in [-0.15, -0.1) is 0 Å². The van der Waals surface area contributed by atoms with Crippen molar-refractivity contribution in [3.63, 3.8) is 0 Å². The number of hydrogen-bond donors (Lipinski definition) is 1. The van der Waals surface area contributed by atoms with Crippen LogP contribution in [-0.2, 0) is 5.33 Å². The van der Waals surface area contributed by atoms with Crippen molar-refractivity contribution in [3.05, 3.63) is 35.4 Å². The normalized spacial score (nSPS) is 17.7. The summed E-state index contributed by atoms with van der Waals surface area (Å²) in [4.78, 5) is 14.6. The molecule has 4 heteroatoms. The number of halogens is 1. The summed E-state index contributed by atoms with van der Waals surface area (Å²) in [6.07, 6.45) is 6.17. The van der Waals surface area contributed by atoms with Crippen LogP contribution in [0.25, 0.3) is 0 Å². The van der Waals surface area contributed by atoms with Gasteiger partial charge in [0.05, 0.1) is 0 Å². The molecule has 1 fully saturated rings. The average Bonchev–Trinajstić information content (AvgIpc) is 2.53. The van der Waals surface area contributed by atoms with E-state index in [1.807, 2.05) is 24.3 Å². The first-order valence-corrected chi connectivity index (χ1v) is 8.80. The van der Waals surface area contributed by atoms with Gasteiger partial charge < -0.3 is 10.2 Å². The third-order valence-electron chi connectivity index (χ3n) is 4.68. The zero-order valence-corrected chi connectivity index (χ0v) is 14.6. The Morgan fingerprint density at radius 2 is 1.81 bits per heavy atom. The van der Waals surface area contributed by atoms with E-state index >= 15 is 0 Å². The number of carbonyl (C=O) groups excluding carboxylic acids is 1. The molecule has 1 aliphatic rings. The van der Waals surface area contributed by atoms with Crippen LogP contribution >= 0.6 is 15.9 Å². The van der Waals surface area contributed by atoms with E-state index < -0.39 is 0 Å². The van der Waals surface area contributed by atoms with Crippen LogP contribution in [0.15, 0.2) is 24.3 Å². The molecule has 1 amide bonds. The highest BCUT2D eigenvalue weighted by atomic mass is 79.9. The molecule has 0 spiro atoms. The first-order valence-electron chi connectivity index (χ1n) is 7.68. The van der Waals surface area contributed by atoms with Gasteiger partial charge in [0.25, 0.3) is 5.91 Å². The van der Waals surface area contributed by atoms with Crippen LogP contribution in [0.1, 0.15) is 48.0 Å². The summed E-state index contributed by atoms with van der Waals surface area (Å²) in [7, 11) is 4.25. The van der Waals surface area contributed by atoms with Crippen molar-refractivity contribution in [1.82, 2.24) is 10.2 Å². The summed E-state index contributed by atoms with van der Waals surface area (Å²) in [5.41, 5.74) is 2.05. The number of rotatable bonds is 5. The van der Waals surface area contributed by atoms with Gasteiger partial charge in [0, 0.05) is 23.0 Å². The highest BCUT2D eigenvalue weighted by Crippen LogP contribution is 2.31. The Balaban J connectivity index is 1.98. The molecule has 1 N–H and O–H groups in total. The van der Waals surface area contributed by atoms with Crippen molar-refractivity contribution in [2.75, 3.05) is 20.6 Å². The van der Waals surface area contributed by atoms with Crippen LogP contribution in [0, 0.1) is 0 Å². The van der Waals surface area contributed by atoms with Crippen LogP contribution in [0.3, 0.4) is 0 Å². The van der Waals surface area contributed by atoms with E-state index in [1.165, 1.54) is 37.7 Å². The van der Waals surface area contributed by atoms with Gasteiger partial charge in [-0.25, -0.2) is 0 Å². The Morgan fingerprint density at radius 3 is 2.33 bits per heavy atom. The summed E-state index contributed by atoms with van der Waals surface area (Å²) in [6.45, 7) is 0.735. The summed E-state index contributed by atoms with van der Waals surface area (Å²) < 4.78 is 0. The molecule has 3 nitrogen and oxygen atoms in total. The second kappa shape index (κ2) is 7.41. The molecular weight excluding hydrogens is 328 g/mol. The van der Waals surface area contributed by atoms with Crippen molar-refractivity contribution < 1.29 is 4.79 Å². The molecule has 1 saturated carbocycles. The Kier molecular flexibility index (Phi) is 5.82. The van der Waals surface area contributed by atoms with E-state index in [0.717, 1.165) is 17.4 Å². The lowest BCUT2D eigenvalue weighted by molar-refractivity contribution is 0.0799. The molecular formula is C17H25BrN2O. The molecule has 0 radical (unpaired) electrons. The predicted octanol–water partition coefficient (Wildman–Crippen LogP) is 3.58. The Morgan fingerprint density at radius 1 is 1.19 bits per heavy atom. The maximum Gasteiger partial charge on any atom is 0.251 e. The van der Waals surface area contributed by atoms with Gasteiger partial charge in [0.2, 0.25) is 0 Å². The van der Waals surface area contributed by atoms with Gasteiger partial charge in [0.1, 0.15) is 0 Å². The molecule has 0 heterocycles. The fraction of sp³-hybridized carbons (Fsp3) is 0.588. The van der Waals surface area contributed by atoms with E-state index in [-0.39, 0.29) is 11.4 Å². The lowest BCUT2D eigenvalue weighted by Gasteiger charge is -2.43. The summed E-state index contributed by atoms with van der Waals surface area (Å²) >= 11 is 3.42. The molecule has 0 saturated heterocycles. The molecule has 2 rings (SSSR count). The van der Waals surface area contributed by atoms with Crippen molar-refractivity contribution in [3.8, 4) is 0 Å². The zero-order valence-electron chi connectivity index (χ0n) is 13.0. The smallest absolute Gasteiger partial charge is 0.251 e. The second-order valence-corrected chi connectivity index (χ2v) is 6.75. The SMILES string of the molecule is CN(C)C1(CNC(=O)c2ccc(CBr)cc2)CCCCC1. The topological polar surface area (TPSA) is 32.3 Å². The zero-order chi connectivity index (χ0) is 15.3. The number of nitrogens with one attached hydrogen (secondary N) is 1. The third kappa shape index (κ3) is 4.07. The highest BCUT2D eigenvalue weighted by molar-refractivity contribution is 9.08. The van der Waals surface area contributed by atoms with E-state index in [1.54, 1.807) is 0 Å². The van der Waals surface area contributed by atoms with Crippen LogP contribution in [-0.4, -0.2) is 37.0 Å². The summed E-state index contributed by atoms with van der Waals surface area (Å²) in [5.74, 6) is 0.0305. The standard InChI is InChI=1S/C17H25BrN2O/c1-20(2)17(10-4-3-5-11-17)13-19-16(21)15-8-6-14(12-18)7-9-15/h6-9H,3-5,10-13H2,1-2H3,(H,19,21). The maximum absolute atomic E-state index is 12.3. The molecule has 1 aliphatic carbocycles. The van der Waals surface area contributed by atoms with E-state index in [9.17, 15) is 4.79 Å². The number of carbonyl (C=O) groups is 1. The first-order chi connectivity index (χ1) is 10.1. The average molecular weight is 353 g/mol. The highest BCUT2D eigenvalue weighted by Gasteiger charge is 2.34. The fourth-order valence-corrected chi connectivity index (χ4v) is 3.46. The van der Waals surface area contributed by atoms with E-state index in [2.05, 4.69) is 40.2 Å². The lowest BCUT2D eigenvalue weighted by atomic mass is 9.80. The van der Waals surface area contributed by atoms with Crippen LogP contribution < -0.4 is 5.32 Å². The minimum atomic E-state index is 0.0305. The van der Waals surface area contributed by atoms with Gasteiger partial charge in [-0.1, -0.05) is 47.3 Å². The van der Waals surface area contributed by atoms with E-state index in [4.69, 9.17) is 0 Å². The van der Waals surface area contributed by atoms with Gasteiger partial charge in [-0.05, 0) is 44.6 Å². The van der Waals surface area contributed by atoms with Gasteiger partial charge in [-0.3, -0.25) is 4.79 Å². The molecule has 0 bridgehead atoms.